The Morgan fingerprint density at radius 1 is 1.28 bits per heavy atom. The topological polar surface area (TPSA) is 97.3 Å². The minimum Gasteiger partial charge on any atom is -0.314 e. The van der Waals surface area contributed by atoms with Crippen LogP contribution in [0.5, 0.6) is 0 Å². The van der Waals surface area contributed by atoms with Crippen LogP contribution in [0.1, 0.15) is 41.1 Å². The molecule has 25 heavy (non-hydrogen) atoms. The number of benzene rings is 1. The smallest absolute Gasteiger partial charge is 0.221 e. The molecule has 0 atom stereocenters. The van der Waals surface area contributed by atoms with Crippen molar-refractivity contribution in [3.8, 4) is 0 Å². The summed E-state index contributed by atoms with van der Waals surface area (Å²) in [5.74, 6) is 11.1. The quantitative estimate of drug-likeness (QED) is 0.336. The first kappa shape index (κ1) is 18.6. The number of hydrogen-bond donors (Lipinski definition) is 3. The fourth-order valence-electron chi connectivity index (χ4n) is 2.63. The van der Waals surface area contributed by atoms with E-state index in [2.05, 4.69) is 54.2 Å². The van der Waals surface area contributed by atoms with Gasteiger partial charge in [0.2, 0.25) is 6.41 Å². The molecule has 1 saturated carbocycles. The van der Waals surface area contributed by atoms with Crippen LogP contribution >= 0.6 is 0 Å². The Balaban J connectivity index is 0.000000511. The van der Waals surface area contributed by atoms with Crippen molar-refractivity contribution in [1.29, 1.82) is 0 Å². The molecule has 0 aliphatic heterocycles. The number of anilines is 1. The van der Waals surface area contributed by atoms with E-state index in [1.807, 2.05) is 19.3 Å². The number of pyridine rings is 1. The number of nitrogens with one attached hydrogen (secondary N) is 1. The van der Waals surface area contributed by atoms with E-state index in [-0.39, 0.29) is 0 Å². The largest absolute Gasteiger partial charge is 0.314 e. The number of carbonyl (C=O) groups is 1. The summed E-state index contributed by atoms with van der Waals surface area (Å²) in [5.41, 5.74) is 7.62. The van der Waals surface area contributed by atoms with Gasteiger partial charge >= 0.3 is 0 Å². The molecule has 1 aromatic carbocycles. The number of amides is 1. The first-order valence-electron chi connectivity index (χ1n) is 8.18. The lowest BCUT2D eigenvalue weighted by atomic mass is 10.00. The maximum Gasteiger partial charge on any atom is 0.221 e. The number of carbonyl (C=O) groups excluding carboxylic acids is 1. The van der Waals surface area contributed by atoms with Gasteiger partial charge in [0.05, 0.1) is 11.4 Å². The van der Waals surface area contributed by atoms with E-state index in [0.717, 1.165) is 11.4 Å². The molecule has 132 valence electrons. The molecular formula is C19H25N5O. The summed E-state index contributed by atoms with van der Waals surface area (Å²) >= 11 is 0. The number of aryl methyl sites for hydroxylation is 1. The normalized spacial score (nSPS) is 13.1. The van der Waals surface area contributed by atoms with Gasteiger partial charge in [0.15, 0.2) is 0 Å². The first-order chi connectivity index (χ1) is 12.1. The Kier molecular flexibility index (Phi) is 6.68. The molecule has 1 fully saturated rings. The van der Waals surface area contributed by atoms with Gasteiger partial charge in [0, 0.05) is 18.8 Å². The third-order valence-corrected chi connectivity index (χ3v) is 3.94. The van der Waals surface area contributed by atoms with Gasteiger partial charge in [0.1, 0.15) is 0 Å². The second-order valence-corrected chi connectivity index (χ2v) is 6.04. The van der Waals surface area contributed by atoms with Crippen LogP contribution in [0.25, 0.3) is 12.2 Å². The van der Waals surface area contributed by atoms with Gasteiger partial charge in [-0.3, -0.25) is 15.2 Å². The monoisotopic (exact) mass is 339 g/mol. The number of hydrazine groups is 2. The number of nitrogens with two attached hydrogens (primary N) is 2. The van der Waals surface area contributed by atoms with Crippen LogP contribution in [0.15, 0.2) is 36.5 Å². The van der Waals surface area contributed by atoms with Crippen molar-refractivity contribution in [3.63, 3.8) is 0 Å². The van der Waals surface area contributed by atoms with E-state index in [1.165, 1.54) is 29.5 Å². The molecule has 5 N–H and O–H groups in total. The molecule has 6 heteroatoms. The van der Waals surface area contributed by atoms with Crippen LogP contribution in [-0.2, 0) is 4.79 Å². The Labute approximate surface area is 148 Å². The highest BCUT2D eigenvalue weighted by molar-refractivity contribution is 5.78. The SMILES string of the molecule is Cc1ccnc(/C=C/c2c(C3CC3)cccc2N(C)N)c1.NNC=O. The Morgan fingerprint density at radius 3 is 2.56 bits per heavy atom. The van der Waals surface area contributed by atoms with E-state index in [4.69, 9.17) is 10.6 Å². The van der Waals surface area contributed by atoms with Crippen LogP contribution < -0.4 is 22.1 Å². The summed E-state index contributed by atoms with van der Waals surface area (Å²) in [7, 11) is 1.88. The molecule has 0 saturated heterocycles. The highest BCUT2D eigenvalue weighted by Crippen LogP contribution is 2.44. The second-order valence-electron chi connectivity index (χ2n) is 6.04. The van der Waals surface area contributed by atoms with Crippen LogP contribution in [0.4, 0.5) is 5.69 Å². The molecule has 0 radical (unpaired) electrons. The van der Waals surface area contributed by atoms with Crippen LogP contribution in [0, 0.1) is 6.92 Å². The predicted molar refractivity (Wildman–Crippen MR) is 102 cm³/mol. The number of rotatable bonds is 5. The molecule has 6 nitrogen and oxygen atoms in total. The molecule has 1 aliphatic rings. The van der Waals surface area contributed by atoms with E-state index in [1.54, 1.807) is 10.4 Å². The van der Waals surface area contributed by atoms with Gasteiger partial charge in [-0.05, 0) is 61.1 Å². The lowest BCUT2D eigenvalue weighted by molar-refractivity contribution is -0.109. The molecular weight excluding hydrogens is 314 g/mol. The lowest BCUT2D eigenvalue weighted by Gasteiger charge is -2.18. The molecule has 1 aromatic heterocycles. The van der Waals surface area contributed by atoms with Crippen molar-refractivity contribution in [3.05, 3.63) is 58.9 Å². The van der Waals surface area contributed by atoms with Crippen molar-refractivity contribution in [2.75, 3.05) is 12.1 Å². The van der Waals surface area contributed by atoms with Gasteiger partial charge in [-0.2, -0.15) is 0 Å². The summed E-state index contributed by atoms with van der Waals surface area (Å²) in [6, 6.07) is 10.5. The molecule has 2 aromatic rings. The summed E-state index contributed by atoms with van der Waals surface area (Å²) in [5, 5.41) is 1.69. The summed E-state index contributed by atoms with van der Waals surface area (Å²) in [6.45, 7) is 2.08. The van der Waals surface area contributed by atoms with Gasteiger partial charge in [-0.25, -0.2) is 11.7 Å². The third kappa shape index (κ3) is 5.41. The van der Waals surface area contributed by atoms with Gasteiger partial charge < -0.3 is 5.01 Å². The molecule has 0 bridgehead atoms. The Hall–Kier alpha value is -2.70. The highest BCUT2D eigenvalue weighted by atomic mass is 16.1. The summed E-state index contributed by atoms with van der Waals surface area (Å²) in [4.78, 5) is 13.3. The van der Waals surface area contributed by atoms with Gasteiger partial charge in [0.25, 0.3) is 0 Å². The maximum absolute atomic E-state index is 8.94. The summed E-state index contributed by atoms with van der Waals surface area (Å²) < 4.78 is 0. The lowest BCUT2D eigenvalue weighted by Crippen LogP contribution is -2.26. The Morgan fingerprint density at radius 2 is 2.00 bits per heavy atom. The predicted octanol–water partition coefficient (Wildman–Crippen LogP) is 2.35. The molecule has 1 amide bonds. The van der Waals surface area contributed by atoms with E-state index >= 15 is 0 Å². The highest BCUT2D eigenvalue weighted by Gasteiger charge is 2.26. The fraction of sp³-hybridized carbons (Fsp3) is 0.263. The molecule has 0 unspecified atom stereocenters. The maximum atomic E-state index is 8.94. The second kappa shape index (κ2) is 8.96. The zero-order valence-corrected chi connectivity index (χ0v) is 14.6. The number of hydrogen-bond acceptors (Lipinski definition) is 5. The fourth-order valence-corrected chi connectivity index (χ4v) is 2.63. The van der Waals surface area contributed by atoms with E-state index in [0.29, 0.717) is 12.3 Å². The van der Waals surface area contributed by atoms with Crippen molar-refractivity contribution < 1.29 is 4.79 Å². The Bertz CT molecular complexity index is 718. The molecule has 3 rings (SSSR count). The zero-order chi connectivity index (χ0) is 18.2. The van der Waals surface area contributed by atoms with Crippen molar-refractivity contribution in [2.45, 2.75) is 25.7 Å². The standard InChI is InChI=1S/C18H21N3.CH4N2O/c1-13-10-11-20-15(12-13)8-9-17-16(14-6-7-14)4-3-5-18(17)21(2)19;2-3-1-4/h3-5,8-12,14H,6-7,19H2,1-2H3;1H,2H2,(H,3,4)/b9-8+;. The number of aromatic nitrogens is 1. The minimum absolute atomic E-state index is 0.403. The third-order valence-electron chi connectivity index (χ3n) is 3.94. The van der Waals surface area contributed by atoms with E-state index < -0.39 is 0 Å². The molecule has 1 heterocycles. The van der Waals surface area contributed by atoms with Crippen LogP contribution in [0.3, 0.4) is 0 Å². The first-order valence-corrected chi connectivity index (χ1v) is 8.18. The van der Waals surface area contributed by atoms with Gasteiger partial charge in [-0.1, -0.05) is 18.2 Å². The van der Waals surface area contributed by atoms with Crippen LogP contribution in [0.2, 0.25) is 0 Å². The number of nitrogens with zero attached hydrogens (tertiary/aromatic N) is 2. The van der Waals surface area contributed by atoms with Crippen molar-refractivity contribution >= 4 is 24.2 Å². The molecule has 0 spiro atoms. The van der Waals surface area contributed by atoms with Crippen LogP contribution in [-0.4, -0.2) is 18.4 Å². The van der Waals surface area contributed by atoms with Crippen molar-refractivity contribution in [2.24, 2.45) is 11.7 Å². The minimum atomic E-state index is 0.403. The van der Waals surface area contributed by atoms with Gasteiger partial charge in [-0.15, -0.1) is 0 Å². The summed E-state index contributed by atoms with van der Waals surface area (Å²) in [6.07, 6.45) is 9.02. The zero-order valence-electron chi connectivity index (χ0n) is 14.6. The van der Waals surface area contributed by atoms with E-state index in [9.17, 15) is 0 Å². The average molecular weight is 339 g/mol. The van der Waals surface area contributed by atoms with Crippen molar-refractivity contribution in [1.82, 2.24) is 10.4 Å². The molecule has 1 aliphatic carbocycles. The average Bonchev–Trinajstić information content (AvgIpc) is 3.45.